The van der Waals surface area contributed by atoms with Crippen molar-refractivity contribution in [2.45, 2.75) is 37.3 Å². The Hall–Kier alpha value is -1.83. The van der Waals surface area contributed by atoms with E-state index in [4.69, 9.17) is 5.11 Å². The van der Waals surface area contributed by atoms with Crippen molar-refractivity contribution < 1.29 is 19.5 Å². The van der Waals surface area contributed by atoms with Crippen LogP contribution in [-0.4, -0.2) is 113 Å². The Morgan fingerprint density at radius 1 is 0.667 bits per heavy atom. The summed E-state index contributed by atoms with van der Waals surface area (Å²) in [6, 6.07) is 0. The normalized spacial score (nSPS) is 28.3. The van der Waals surface area contributed by atoms with Gasteiger partial charge in [0.05, 0.1) is 11.1 Å². The molecule has 12 nitrogen and oxygen atoms in total. The average Bonchev–Trinajstić information content (AvgIpc) is 2.74. The van der Waals surface area contributed by atoms with Crippen molar-refractivity contribution in [2.24, 2.45) is 0 Å². The highest BCUT2D eigenvalue weighted by Crippen LogP contribution is 2.06. The largest absolute Gasteiger partial charge is 0.481 e. The van der Waals surface area contributed by atoms with Gasteiger partial charge in [0.25, 0.3) is 0 Å². The van der Waals surface area contributed by atoms with Crippen LogP contribution in [0.3, 0.4) is 0 Å². The fourth-order valence-corrected chi connectivity index (χ4v) is 4.27. The average molecular weight is 471 g/mol. The summed E-state index contributed by atoms with van der Waals surface area (Å²) in [5.41, 5.74) is -0.984. The first-order chi connectivity index (χ1) is 15.8. The lowest BCUT2D eigenvalue weighted by atomic mass is 9.97. The van der Waals surface area contributed by atoms with Crippen LogP contribution in [0.4, 0.5) is 0 Å². The SMILES string of the molecule is CC(=O)NC12CNCCNCC(NC(=O)CCCC(=O)O)(CNCCNC1)CNCCNC2. The summed E-state index contributed by atoms with van der Waals surface area (Å²) in [5, 5.41) is 35.9. The second-order valence-corrected chi connectivity index (χ2v) is 9.10. The molecule has 9 N–H and O–H groups in total. The lowest BCUT2D eigenvalue weighted by Crippen LogP contribution is -2.68. The number of carboxylic acids is 1. The molecule has 12 heteroatoms. The number of carboxylic acid groups (broad SMARTS) is 1. The summed E-state index contributed by atoms with van der Waals surface area (Å²) in [6.07, 6.45) is 0.488. The molecule has 2 bridgehead atoms. The molecule has 0 unspecified atom stereocenters. The van der Waals surface area contributed by atoms with Crippen molar-refractivity contribution >= 4 is 17.8 Å². The lowest BCUT2D eigenvalue weighted by Gasteiger charge is -2.38. The van der Waals surface area contributed by atoms with E-state index in [-0.39, 0.29) is 24.7 Å². The van der Waals surface area contributed by atoms with E-state index in [0.29, 0.717) is 85.0 Å². The van der Waals surface area contributed by atoms with Gasteiger partial charge in [-0.1, -0.05) is 0 Å². The second-order valence-electron chi connectivity index (χ2n) is 9.10. The zero-order valence-electron chi connectivity index (χ0n) is 19.8. The summed E-state index contributed by atoms with van der Waals surface area (Å²) in [6.45, 7) is 9.37. The Morgan fingerprint density at radius 2 is 1.03 bits per heavy atom. The van der Waals surface area contributed by atoms with Gasteiger partial charge >= 0.3 is 5.97 Å². The van der Waals surface area contributed by atoms with Gasteiger partial charge in [-0.15, -0.1) is 0 Å². The number of hydrogen-bond donors (Lipinski definition) is 9. The van der Waals surface area contributed by atoms with Crippen LogP contribution in [0.25, 0.3) is 0 Å². The smallest absolute Gasteiger partial charge is 0.303 e. The van der Waals surface area contributed by atoms with Crippen molar-refractivity contribution in [1.29, 1.82) is 0 Å². The molecule has 3 aliphatic heterocycles. The van der Waals surface area contributed by atoms with Gasteiger partial charge in [-0.25, -0.2) is 0 Å². The van der Waals surface area contributed by atoms with Gasteiger partial charge in [-0.2, -0.15) is 0 Å². The molecule has 3 rings (SSSR count). The summed E-state index contributed by atoms with van der Waals surface area (Å²) in [7, 11) is 0. The van der Waals surface area contributed by atoms with E-state index in [1.807, 2.05) is 0 Å². The van der Waals surface area contributed by atoms with Crippen LogP contribution in [-0.2, 0) is 14.4 Å². The van der Waals surface area contributed by atoms with E-state index >= 15 is 0 Å². The fraction of sp³-hybridized carbons (Fsp3) is 0.857. The van der Waals surface area contributed by atoms with Crippen LogP contribution in [0, 0.1) is 0 Å². The first-order valence-corrected chi connectivity index (χ1v) is 11.9. The van der Waals surface area contributed by atoms with Gasteiger partial charge in [-0.3, -0.25) is 14.4 Å². The van der Waals surface area contributed by atoms with Crippen molar-refractivity contribution in [3.8, 4) is 0 Å². The van der Waals surface area contributed by atoms with Crippen LogP contribution in [0.2, 0.25) is 0 Å². The molecule has 0 aliphatic carbocycles. The first kappa shape index (κ1) is 27.4. The summed E-state index contributed by atoms with van der Waals surface area (Å²) >= 11 is 0. The Kier molecular flexibility index (Phi) is 12.0. The number of aliphatic carboxylic acids is 1. The highest BCUT2D eigenvalue weighted by atomic mass is 16.4. The van der Waals surface area contributed by atoms with Crippen molar-refractivity contribution in [3.63, 3.8) is 0 Å². The van der Waals surface area contributed by atoms with E-state index in [1.165, 1.54) is 0 Å². The van der Waals surface area contributed by atoms with E-state index in [1.54, 1.807) is 6.92 Å². The summed E-state index contributed by atoms with van der Waals surface area (Å²) in [4.78, 5) is 35.3. The number of fused-ring (bicyclic) bond motifs is 15. The molecule has 33 heavy (non-hydrogen) atoms. The number of rotatable bonds is 6. The van der Waals surface area contributed by atoms with E-state index < -0.39 is 17.0 Å². The molecule has 0 atom stereocenters. The minimum Gasteiger partial charge on any atom is -0.481 e. The van der Waals surface area contributed by atoms with Gasteiger partial charge in [0.1, 0.15) is 0 Å². The van der Waals surface area contributed by atoms with Crippen molar-refractivity contribution in [2.75, 3.05) is 78.5 Å². The third-order valence-corrected chi connectivity index (χ3v) is 5.86. The third-order valence-electron chi connectivity index (χ3n) is 5.86. The van der Waals surface area contributed by atoms with Crippen molar-refractivity contribution in [1.82, 2.24) is 42.5 Å². The number of nitrogens with one attached hydrogen (secondary N) is 8. The molecular formula is C21H42N8O4. The second kappa shape index (κ2) is 14.4. The minimum absolute atomic E-state index is 0.0157. The standard InChI is InChI=1S/C21H42N8O4/c1-17(30)28-20-11-22-5-8-25-14-21(15-26-9-6-23-12-20,16-27-10-7-24-13-20)29-18(31)3-2-4-19(32)33/h22-27H,2-16H2,1H3,(H,28,30)(H,29,31)(H,32,33). The molecule has 3 heterocycles. The molecule has 0 spiro atoms. The molecule has 0 aromatic rings. The van der Waals surface area contributed by atoms with E-state index in [2.05, 4.69) is 42.5 Å². The van der Waals surface area contributed by atoms with Crippen LogP contribution in [0.5, 0.6) is 0 Å². The summed E-state index contributed by atoms with van der Waals surface area (Å²) in [5.74, 6) is -1.09. The molecule has 2 amide bonds. The zero-order valence-corrected chi connectivity index (χ0v) is 19.8. The maximum Gasteiger partial charge on any atom is 0.303 e. The molecule has 3 aliphatic rings. The molecule has 0 aromatic carbocycles. The molecule has 3 fully saturated rings. The molecule has 0 radical (unpaired) electrons. The Labute approximate surface area is 196 Å². The zero-order chi connectivity index (χ0) is 24.0. The van der Waals surface area contributed by atoms with Gasteiger partial charge in [0, 0.05) is 98.3 Å². The van der Waals surface area contributed by atoms with E-state index in [0.717, 1.165) is 0 Å². The van der Waals surface area contributed by atoms with Gasteiger partial charge < -0.3 is 47.6 Å². The van der Waals surface area contributed by atoms with E-state index in [9.17, 15) is 14.4 Å². The number of hydrogen-bond acceptors (Lipinski definition) is 9. The maximum absolute atomic E-state index is 12.6. The molecule has 3 saturated heterocycles. The molecule has 0 aromatic heterocycles. The highest BCUT2D eigenvalue weighted by Gasteiger charge is 2.33. The first-order valence-electron chi connectivity index (χ1n) is 11.9. The Bertz CT molecular complexity index is 590. The van der Waals surface area contributed by atoms with Gasteiger partial charge in [0.15, 0.2) is 0 Å². The number of carbonyl (C=O) groups is 3. The third kappa shape index (κ3) is 10.8. The maximum atomic E-state index is 12.6. The number of amides is 2. The summed E-state index contributed by atoms with van der Waals surface area (Å²) < 4.78 is 0. The van der Waals surface area contributed by atoms with Crippen LogP contribution in [0.15, 0.2) is 0 Å². The quantitative estimate of drug-likeness (QED) is 0.190. The Morgan fingerprint density at radius 3 is 1.36 bits per heavy atom. The Balaban J connectivity index is 2.11. The van der Waals surface area contributed by atoms with Gasteiger partial charge in [-0.05, 0) is 6.42 Å². The topological polar surface area (TPSA) is 168 Å². The van der Waals surface area contributed by atoms with Crippen LogP contribution < -0.4 is 42.5 Å². The van der Waals surface area contributed by atoms with Crippen molar-refractivity contribution in [3.05, 3.63) is 0 Å². The highest BCUT2D eigenvalue weighted by molar-refractivity contribution is 5.77. The van der Waals surface area contributed by atoms with Gasteiger partial charge in [0.2, 0.25) is 11.8 Å². The fourth-order valence-electron chi connectivity index (χ4n) is 4.27. The van der Waals surface area contributed by atoms with Crippen LogP contribution in [0.1, 0.15) is 26.2 Å². The molecule has 190 valence electrons. The lowest BCUT2D eigenvalue weighted by molar-refractivity contribution is -0.137. The monoisotopic (exact) mass is 470 g/mol. The molecule has 0 saturated carbocycles. The number of carbonyl (C=O) groups excluding carboxylic acids is 2. The van der Waals surface area contributed by atoms with Crippen LogP contribution >= 0.6 is 0 Å². The predicted octanol–water partition coefficient (Wildman–Crippen LogP) is -3.46. The predicted molar refractivity (Wildman–Crippen MR) is 126 cm³/mol. The molecular weight excluding hydrogens is 428 g/mol. The minimum atomic E-state index is -0.892.